The molecule has 2 aromatic heterocycles. The summed E-state index contributed by atoms with van der Waals surface area (Å²) < 4.78 is 6.53. The van der Waals surface area contributed by atoms with Crippen molar-refractivity contribution >= 4 is 23.3 Å². The Morgan fingerprint density at radius 2 is 2.20 bits per heavy atom. The van der Waals surface area contributed by atoms with Crippen LogP contribution in [0.25, 0.3) is 5.65 Å². The standard InChI is InChI=1S/C13H17N5O2/c1-2-20-13(19)10-11(14)16-18-8-5-9(15-12(10)18)17-6-3-4-7-17/h5,8H,2-4,6-7H2,1H3,(H2,14,16). The van der Waals surface area contributed by atoms with Crippen molar-refractivity contribution < 1.29 is 9.53 Å². The number of nitrogens with two attached hydrogens (primary N) is 1. The number of anilines is 2. The van der Waals surface area contributed by atoms with E-state index in [-0.39, 0.29) is 11.4 Å². The van der Waals surface area contributed by atoms with Gasteiger partial charge in [0, 0.05) is 19.3 Å². The number of esters is 1. The van der Waals surface area contributed by atoms with Crippen molar-refractivity contribution in [3.63, 3.8) is 0 Å². The second kappa shape index (κ2) is 4.99. The maximum Gasteiger partial charge on any atom is 0.345 e. The molecule has 0 aliphatic carbocycles. The van der Waals surface area contributed by atoms with E-state index < -0.39 is 5.97 Å². The van der Waals surface area contributed by atoms with Gasteiger partial charge in [0.25, 0.3) is 0 Å². The summed E-state index contributed by atoms with van der Waals surface area (Å²) in [5.41, 5.74) is 6.49. The Kier molecular flexibility index (Phi) is 3.17. The van der Waals surface area contributed by atoms with Gasteiger partial charge < -0.3 is 15.4 Å². The molecule has 7 heteroatoms. The highest BCUT2D eigenvalue weighted by Crippen LogP contribution is 2.22. The van der Waals surface area contributed by atoms with Gasteiger partial charge in [0.2, 0.25) is 0 Å². The van der Waals surface area contributed by atoms with E-state index in [1.165, 1.54) is 17.4 Å². The van der Waals surface area contributed by atoms with Crippen LogP contribution >= 0.6 is 0 Å². The lowest BCUT2D eigenvalue weighted by Gasteiger charge is -2.15. The summed E-state index contributed by atoms with van der Waals surface area (Å²) in [4.78, 5) is 18.7. The summed E-state index contributed by atoms with van der Waals surface area (Å²) in [6.07, 6.45) is 4.10. The predicted octanol–water partition coefficient (Wildman–Crippen LogP) is 1.09. The van der Waals surface area contributed by atoms with Crippen LogP contribution in [0.2, 0.25) is 0 Å². The Morgan fingerprint density at radius 1 is 1.45 bits per heavy atom. The number of ether oxygens (including phenoxy) is 1. The van der Waals surface area contributed by atoms with E-state index in [1.54, 1.807) is 13.1 Å². The van der Waals surface area contributed by atoms with Crippen LogP contribution in [-0.4, -0.2) is 40.3 Å². The molecule has 3 rings (SSSR count). The van der Waals surface area contributed by atoms with Gasteiger partial charge in [-0.2, -0.15) is 0 Å². The van der Waals surface area contributed by atoms with Crippen molar-refractivity contribution in [2.24, 2.45) is 0 Å². The van der Waals surface area contributed by atoms with Gasteiger partial charge in [-0.1, -0.05) is 0 Å². The third-order valence-electron chi connectivity index (χ3n) is 3.41. The molecular formula is C13H17N5O2. The molecule has 1 aliphatic heterocycles. The predicted molar refractivity (Wildman–Crippen MR) is 74.8 cm³/mol. The number of carbonyl (C=O) groups excluding carboxylic acids is 1. The highest BCUT2D eigenvalue weighted by Gasteiger charge is 2.22. The maximum atomic E-state index is 12.0. The van der Waals surface area contributed by atoms with Gasteiger partial charge in [0.15, 0.2) is 11.5 Å². The summed E-state index contributed by atoms with van der Waals surface area (Å²) >= 11 is 0. The minimum absolute atomic E-state index is 0.148. The molecule has 1 fully saturated rings. The Hall–Kier alpha value is -2.31. The second-order valence-corrected chi connectivity index (χ2v) is 4.73. The topological polar surface area (TPSA) is 85.8 Å². The molecule has 20 heavy (non-hydrogen) atoms. The van der Waals surface area contributed by atoms with E-state index in [0.717, 1.165) is 18.9 Å². The molecule has 1 aliphatic rings. The molecule has 0 atom stereocenters. The van der Waals surface area contributed by atoms with Crippen LogP contribution in [0.15, 0.2) is 12.3 Å². The van der Waals surface area contributed by atoms with E-state index in [1.807, 2.05) is 6.07 Å². The molecule has 3 heterocycles. The number of rotatable bonds is 3. The molecule has 0 unspecified atom stereocenters. The van der Waals surface area contributed by atoms with Crippen molar-refractivity contribution in [1.29, 1.82) is 0 Å². The Labute approximate surface area is 116 Å². The first-order valence-electron chi connectivity index (χ1n) is 6.77. The van der Waals surface area contributed by atoms with Crippen LogP contribution in [0, 0.1) is 0 Å². The lowest BCUT2D eigenvalue weighted by molar-refractivity contribution is 0.0529. The molecule has 0 bridgehead atoms. The van der Waals surface area contributed by atoms with Gasteiger partial charge in [-0.05, 0) is 25.8 Å². The quantitative estimate of drug-likeness (QED) is 0.844. The van der Waals surface area contributed by atoms with Crippen molar-refractivity contribution in [3.8, 4) is 0 Å². The lowest BCUT2D eigenvalue weighted by atomic mass is 10.3. The molecule has 0 saturated carbocycles. The van der Waals surface area contributed by atoms with Crippen LogP contribution in [0.1, 0.15) is 30.1 Å². The molecule has 106 valence electrons. The first-order chi connectivity index (χ1) is 9.70. The van der Waals surface area contributed by atoms with Gasteiger partial charge in [-0.15, -0.1) is 5.10 Å². The van der Waals surface area contributed by atoms with Gasteiger partial charge in [-0.25, -0.2) is 14.3 Å². The number of hydrogen-bond acceptors (Lipinski definition) is 6. The van der Waals surface area contributed by atoms with E-state index in [9.17, 15) is 4.79 Å². The van der Waals surface area contributed by atoms with Crippen LogP contribution < -0.4 is 10.6 Å². The number of hydrogen-bond donors (Lipinski definition) is 1. The van der Waals surface area contributed by atoms with Crippen LogP contribution in [0.5, 0.6) is 0 Å². The van der Waals surface area contributed by atoms with E-state index in [0.29, 0.717) is 12.3 Å². The van der Waals surface area contributed by atoms with Crippen LogP contribution in [0.3, 0.4) is 0 Å². The molecule has 7 nitrogen and oxygen atoms in total. The Balaban J connectivity index is 2.06. The molecule has 0 aromatic carbocycles. The minimum atomic E-state index is -0.480. The maximum absolute atomic E-state index is 12.0. The zero-order valence-electron chi connectivity index (χ0n) is 11.4. The van der Waals surface area contributed by atoms with Crippen molar-refractivity contribution in [3.05, 3.63) is 17.8 Å². The number of nitrogen functional groups attached to an aromatic ring is 1. The highest BCUT2D eigenvalue weighted by atomic mass is 16.5. The Morgan fingerprint density at radius 3 is 2.90 bits per heavy atom. The molecule has 0 spiro atoms. The van der Waals surface area contributed by atoms with E-state index in [2.05, 4.69) is 15.0 Å². The number of carbonyl (C=O) groups is 1. The SMILES string of the molecule is CCOC(=O)c1c(N)nn2ccc(N3CCCC3)nc12. The van der Waals surface area contributed by atoms with Crippen molar-refractivity contribution in [2.75, 3.05) is 30.3 Å². The fourth-order valence-corrected chi connectivity index (χ4v) is 2.46. The Bertz CT molecular complexity index is 645. The second-order valence-electron chi connectivity index (χ2n) is 4.73. The van der Waals surface area contributed by atoms with Gasteiger partial charge in [0.1, 0.15) is 11.4 Å². The summed E-state index contributed by atoms with van der Waals surface area (Å²) in [5.74, 6) is 0.515. The average molecular weight is 275 g/mol. The lowest BCUT2D eigenvalue weighted by Crippen LogP contribution is -2.19. The normalized spacial score (nSPS) is 14.9. The summed E-state index contributed by atoms with van der Waals surface area (Å²) in [5, 5.41) is 4.10. The molecular weight excluding hydrogens is 258 g/mol. The smallest absolute Gasteiger partial charge is 0.345 e. The fourth-order valence-electron chi connectivity index (χ4n) is 2.46. The number of nitrogens with zero attached hydrogens (tertiary/aromatic N) is 4. The van der Waals surface area contributed by atoms with E-state index >= 15 is 0 Å². The summed E-state index contributed by atoms with van der Waals surface area (Å²) in [6, 6.07) is 1.89. The van der Waals surface area contributed by atoms with Crippen molar-refractivity contribution in [1.82, 2.24) is 14.6 Å². The monoisotopic (exact) mass is 275 g/mol. The first kappa shape index (κ1) is 12.7. The van der Waals surface area contributed by atoms with Gasteiger partial charge in [-0.3, -0.25) is 0 Å². The first-order valence-corrected chi connectivity index (χ1v) is 6.77. The number of fused-ring (bicyclic) bond motifs is 1. The fraction of sp³-hybridized carbons (Fsp3) is 0.462. The van der Waals surface area contributed by atoms with Crippen molar-refractivity contribution in [2.45, 2.75) is 19.8 Å². The summed E-state index contributed by atoms with van der Waals surface area (Å²) in [6.45, 7) is 4.02. The third-order valence-corrected chi connectivity index (χ3v) is 3.41. The molecule has 2 N–H and O–H groups in total. The zero-order valence-corrected chi connectivity index (χ0v) is 11.4. The van der Waals surface area contributed by atoms with Crippen LogP contribution in [-0.2, 0) is 4.74 Å². The zero-order chi connectivity index (χ0) is 14.1. The third kappa shape index (κ3) is 2.04. The number of aromatic nitrogens is 3. The average Bonchev–Trinajstić information content (AvgIpc) is 3.04. The highest BCUT2D eigenvalue weighted by molar-refractivity contribution is 6.00. The molecule has 0 amide bonds. The molecule has 1 saturated heterocycles. The largest absolute Gasteiger partial charge is 0.462 e. The van der Waals surface area contributed by atoms with Gasteiger partial charge >= 0.3 is 5.97 Å². The molecule has 2 aromatic rings. The van der Waals surface area contributed by atoms with E-state index in [4.69, 9.17) is 10.5 Å². The van der Waals surface area contributed by atoms with Crippen LogP contribution in [0.4, 0.5) is 11.6 Å². The minimum Gasteiger partial charge on any atom is -0.462 e. The molecule has 0 radical (unpaired) electrons. The summed E-state index contributed by atoms with van der Waals surface area (Å²) in [7, 11) is 0. The van der Waals surface area contributed by atoms with Gasteiger partial charge in [0.05, 0.1) is 6.61 Å².